The van der Waals surface area contributed by atoms with Crippen molar-refractivity contribution in [2.45, 2.75) is 19.4 Å². The molecule has 0 radical (unpaired) electrons. The molecule has 0 spiro atoms. The first kappa shape index (κ1) is 21.0. The Morgan fingerprint density at radius 3 is 2.84 bits per heavy atom. The van der Waals surface area contributed by atoms with E-state index in [4.69, 9.17) is 16.3 Å². The number of nitrogens with zero attached hydrogens (tertiary/aromatic N) is 3. The quantitative estimate of drug-likeness (QED) is 0.647. The molecule has 1 aromatic heterocycles. The molecule has 4 rings (SSSR count). The van der Waals surface area contributed by atoms with E-state index in [2.05, 4.69) is 21.3 Å². The first-order chi connectivity index (χ1) is 15.1. The fraction of sp³-hybridized carbons (Fsp3) is 0.292. The second kappa shape index (κ2) is 9.23. The van der Waals surface area contributed by atoms with E-state index in [1.807, 2.05) is 36.4 Å². The number of anilines is 1. The first-order valence-corrected chi connectivity index (χ1v) is 10.6. The number of hydrogen-bond donors (Lipinski definition) is 1. The van der Waals surface area contributed by atoms with Gasteiger partial charge in [-0.25, -0.2) is 0 Å². The number of nitrogens with one attached hydrogen (secondary N) is 1. The minimum atomic E-state index is -0.0518. The number of pyridine rings is 1. The highest BCUT2D eigenvalue weighted by Crippen LogP contribution is 2.34. The van der Waals surface area contributed by atoms with Crippen LogP contribution in [0, 0.1) is 17.2 Å². The molecule has 1 amide bonds. The van der Waals surface area contributed by atoms with Crippen LogP contribution in [-0.4, -0.2) is 31.1 Å². The van der Waals surface area contributed by atoms with Crippen molar-refractivity contribution in [2.24, 2.45) is 5.92 Å². The molecule has 6 nitrogen and oxygen atoms in total. The van der Waals surface area contributed by atoms with E-state index < -0.39 is 0 Å². The van der Waals surface area contributed by atoms with Crippen LogP contribution in [0.3, 0.4) is 0 Å². The maximum atomic E-state index is 12.7. The van der Waals surface area contributed by atoms with Crippen LogP contribution in [0.1, 0.15) is 24.0 Å². The summed E-state index contributed by atoms with van der Waals surface area (Å²) in [5.74, 6) is 0.785. The number of hydrogen-bond acceptors (Lipinski definition) is 5. The van der Waals surface area contributed by atoms with Crippen molar-refractivity contribution in [3.63, 3.8) is 0 Å². The fourth-order valence-electron chi connectivity index (χ4n) is 4.05. The number of carbonyl (C=O) groups excluding carboxylic acids is 1. The highest BCUT2D eigenvalue weighted by atomic mass is 35.5. The fourth-order valence-corrected chi connectivity index (χ4v) is 4.23. The summed E-state index contributed by atoms with van der Waals surface area (Å²) in [6.45, 7) is 1.86. The molecule has 1 saturated heterocycles. The van der Waals surface area contributed by atoms with Crippen LogP contribution in [0.15, 0.2) is 48.7 Å². The number of benzene rings is 2. The van der Waals surface area contributed by atoms with E-state index in [1.165, 1.54) is 0 Å². The molecule has 0 unspecified atom stereocenters. The van der Waals surface area contributed by atoms with Gasteiger partial charge in [-0.3, -0.25) is 9.78 Å². The number of ether oxygens (including phenoxy) is 1. The van der Waals surface area contributed by atoms with E-state index in [0.717, 1.165) is 40.7 Å². The summed E-state index contributed by atoms with van der Waals surface area (Å²) in [5.41, 5.74) is 3.18. The van der Waals surface area contributed by atoms with Crippen LogP contribution >= 0.6 is 11.6 Å². The molecule has 31 heavy (non-hydrogen) atoms. The van der Waals surface area contributed by atoms with Crippen molar-refractivity contribution < 1.29 is 9.53 Å². The summed E-state index contributed by atoms with van der Waals surface area (Å²) in [6.07, 6.45) is 3.05. The summed E-state index contributed by atoms with van der Waals surface area (Å²) in [6, 6.07) is 15.4. The predicted molar refractivity (Wildman–Crippen MR) is 121 cm³/mol. The zero-order chi connectivity index (χ0) is 21.8. The zero-order valence-corrected chi connectivity index (χ0v) is 18.0. The Morgan fingerprint density at radius 2 is 2.10 bits per heavy atom. The molecule has 0 aliphatic carbocycles. The van der Waals surface area contributed by atoms with E-state index in [1.54, 1.807) is 19.4 Å². The minimum absolute atomic E-state index is 0.0518. The second-order valence-electron chi connectivity index (χ2n) is 7.62. The molecular weight excluding hydrogens is 412 g/mol. The Bertz CT molecular complexity index is 1150. The van der Waals surface area contributed by atoms with Gasteiger partial charge in [-0.05, 0) is 48.7 Å². The average Bonchev–Trinajstić information content (AvgIpc) is 2.82. The van der Waals surface area contributed by atoms with Crippen molar-refractivity contribution in [3.8, 4) is 11.8 Å². The standard InChI is InChI=1S/C24H23ClN4O2/c1-31-20-4-2-3-16(11-20)14-28-24(30)17-7-9-29(10-8-17)23-18(13-26)15-27-22-6-5-19(25)12-21(22)23/h2-6,11-12,15,17H,7-10,14H2,1H3,(H,28,30). The van der Waals surface area contributed by atoms with Gasteiger partial charge in [0, 0.05) is 42.2 Å². The number of amides is 1. The summed E-state index contributed by atoms with van der Waals surface area (Å²) >= 11 is 6.20. The number of fused-ring (bicyclic) bond motifs is 1. The van der Waals surface area contributed by atoms with E-state index in [0.29, 0.717) is 30.2 Å². The molecule has 1 fully saturated rings. The Morgan fingerprint density at radius 1 is 1.29 bits per heavy atom. The van der Waals surface area contributed by atoms with Gasteiger partial charge in [-0.2, -0.15) is 5.26 Å². The van der Waals surface area contributed by atoms with Crippen molar-refractivity contribution in [3.05, 3.63) is 64.8 Å². The molecule has 1 N–H and O–H groups in total. The minimum Gasteiger partial charge on any atom is -0.497 e. The summed E-state index contributed by atoms with van der Waals surface area (Å²) in [7, 11) is 1.63. The maximum absolute atomic E-state index is 12.7. The Balaban J connectivity index is 1.43. The Labute approximate surface area is 186 Å². The first-order valence-electron chi connectivity index (χ1n) is 10.2. The number of halogens is 1. The van der Waals surface area contributed by atoms with Gasteiger partial charge >= 0.3 is 0 Å². The SMILES string of the molecule is COc1cccc(CNC(=O)C2CCN(c3c(C#N)cnc4ccc(Cl)cc34)CC2)c1. The zero-order valence-electron chi connectivity index (χ0n) is 17.3. The van der Waals surface area contributed by atoms with Gasteiger partial charge < -0.3 is 15.0 Å². The third kappa shape index (κ3) is 4.57. The van der Waals surface area contributed by atoms with Gasteiger partial charge in [-0.1, -0.05) is 23.7 Å². The van der Waals surface area contributed by atoms with E-state index >= 15 is 0 Å². The number of rotatable bonds is 5. The lowest BCUT2D eigenvalue weighted by Crippen LogP contribution is -2.40. The molecule has 0 atom stereocenters. The molecule has 0 saturated carbocycles. The monoisotopic (exact) mass is 434 g/mol. The van der Waals surface area contributed by atoms with E-state index in [9.17, 15) is 10.1 Å². The lowest BCUT2D eigenvalue weighted by atomic mass is 9.94. The smallest absolute Gasteiger partial charge is 0.223 e. The molecule has 0 bridgehead atoms. The summed E-state index contributed by atoms with van der Waals surface area (Å²) in [4.78, 5) is 19.3. The summed E-state index contributed by atoms with van der Waals surface area (Å²) in [5, 5.41) is 14.1. The Hall–Kier alpha value is -3.30. The molecule has 1 aliphatic heterocycles. The van der Waals surface area contributed by atoms with Crippen molar-refractivity contribution in [2.75, 3.05) is 25.1 Å². The second-order valence-corrected chi connectivity index (χ2v) is 8.06. The van der Waals surface area contributed by atoms with Gasteiger partial charge in [0.1, 0.15) is 11.8 Å². The van der Waals surface area contributed by atoms with E-state index in [-0.39, 0.29) is 11.8 Å². The van der Waals surface area contributed by atoms with Crippen LogP contribution in [0.5, 0.6) is 5.75 Å². The Kier molecular flexibility index (Phi) is 6.24. The predicted octanol–water partition coefficient (Wildman–Crippen LogP) is 4.30. The van der Waals surface area contributed by atoms with Crippen molar-refractivity contribution in [1.29, 1.82) is 5.26 Å². The number of methoxy groups -OCH3 is 1. The van der Waals surface area contributed by atoms with Crippen LogP contribution in [0.2, 0.25) is 5.02 Å². The third-order valence-corrected chi connectivity index (χ3v) is 5.94. The summed E-state index contributed by atoms with van der Waals surface area (Å²) < 4.78 is 5.23. The molecule has 1 aliphatic rings. The van der Waals surface area contributed by atoms with Gasteiger partial charge in [0.05, 0.1) is 23.9 Å². The van der Waals surface area contributed by atoms with Crippen molar-refractivity contribution >= 4 is 34.1 Å². The molecule has 3 aromatic rings. The normalized spacial score (nSPS) is 14.3. The van der Waals surface area contributed by atoms with Crippen LogP contribution in [-0.2, 0) is 11.3 Å². The highest BCUT2D eigenvalue weighted by molar-refractivity contribution is 6.31. The number of carbonyl (C=O) groups is 1. The molecule has 2 heterocycles. The number of piperidine rings is 1. The highest BCUT2D eigenvalue weighted by Gasteiger charge is 2.27. The van der Waals surface area contributed by atoms with Crippen LogP contribution in [0.25, 0.3) is 10.9 Å². The van der Waals surface area contributed by atoms with Crippen molar-refractivity contribution in [1.82, 2.24) is 10.3 Å². The largest absolute Gasteiger partial charge is 0.497 e. The number of aromatic nitrogens is 1. The number of nitriles is 1. The molecule has 158 valence electrons. The van der Waals surface area contributed by atoms with Crippen LogP contribution in [0.4, 0.5) is 5.69 Å². The molecule has 7 heteroatoms. The van der Waals surface area contributed by atoms with Gasteiger partial charge in [0.2, 0.25) is 5.91 Å². The van der Waals surface area contributed by atoms with Gasteiger partial charge in [0.25, 0.3) is 0 Å². The maximum Gasteiger partial charge on any atom is 0.223 e. The molecular formula is C24H23ClN4O2. The lowest BCUT2D eigenvalue weighted by Gasteiger charge is -2.34. The van der Waals surface area contributed by atoms with Crippen LogP contribution < -0.4 is 15.0 Å². The van der Waals surface area contributed by atoms with Gasteiger partial charge in [0.15, 0.2) is 0 Å². The third-order valence-electron chi connectivity index (χ3n) is 5.70. The molecule has 2 aromatic carbocycles. The van der Waals surface area contributed by atoms with Gasteiger partial charge in [-0.15, -0.1) is 0 Å². The average molecular weight is 435 g/mol. The lowest BCUT2D eigenvalue weighted by molar-refractivity contribution is -0.125. The topological polar surface area (TPSA) is 78.2 Å².